The monoisotopic (exact) mass is 440 g/mol. The standard InChI is InChI=1S/C27H36O5/c1-6-7-8-9-21(28)15-24(20-10-11-25(29)23(14-20)17(2)3)27-18(4)12-22(13-19(27)5)32-16-26(30)31/h10-14,17,24,29H,6-9,15-16H2,1-5H3,(H,30,31). The van der Waals surface area contributed by atoms with E-state index in [2.05, 4.69) is 6.92 Å². The van der Waals surface area contributed by atoms with Crippen LogP contribution in [0.5, 0.6) is 11.5 Å². The smallest absolute Gasteiger partial charge is 0.341 e. The van der Waals surface area contributed by atoms with Crippen molar-refractivity contribution in [2.24, 2.45) is 0 Å². The van der Waals surface area contributed by atoms with Crippen molar-refractivity contribution in [1.29, 1.82) is 0 Å². The number of benzene rings is 2. The fourth-order valence-electron chi connectivity index (χ4n) is 4.25. The van der Waals surface area contributed by atoms with Gasteiger partial charge in [0.2, 0.25) is 0 Å². The number of aliphatic carboxylic acids is 1. The first-order valence-corrected chi connectivity index (χ1v) is 11.4. The van der Waals surface area contributed by atoms with Crippen LogP contribution < -0.4 is 4.74 Å². The lowest BCUT2D eigenvalue weighted by Gasteiger charge is -2.24. The van der Waals surface area contributed by atoms with Gasteiger partial charge < -0.3 is 14.9 Å². The lowest BCUT2D eigenvalue weighted by atomic mass is 9.80. The Hall–Kier alpha value is -2.82. The summed E-state index contributed by atoms with van der Waals surface area (Å²) in [7, 11) is 0. The minimum absolute atomic E-state index is 0.143. The quantitative estimate of drug-likeness (QED) is 0.380. The van der Waals surface area contributed by atoms with Crippen LogP contribution in [0.15, 0.2) is 30.3 Å². The van der Waals surface area contributed by atoms with Crippen LogP contribution >= 0.6 is 0 Å². The molecule has 174 valence electrons. The molecule has 0 amide bonds. The minimum Gasteiger partial charge on any atom is -0.508 e. The fourth-order valence-corrected chi connectivity index (χ4v) is 4.25. The summed E-state index contributed by atoms with van der Waals surface area (Å²) in [6, 6.07) is 9.30. The summed E-state index contributed by atoms with van der Waals surface area (Å²) < 4.78 is 5.38. The Balaban J connectivity index is 2.48. The number of hydrogen-bond acceptors (Lipinski definition) is 4. The lowest BCUT2D eigenvalue weighted by Crippen LogP contribution is -2.13. The zero-order chi connectivity index (χ0) is 23.8. The highest BCUT2D eigenvalue weighted by molar-refractivity contribution is 5.80. The molecule has 1 atom stereocenters. The average molecular weight is 441 g/mol. The number of carboxylic acids is 1. The highest BCUT2D eigenvalue weighted by Gasteiger charge is 2.24. The predicted molar refractivity (Wildman–Crippen MR) is 127 cm³/mol. The molecule has 2 aromatic carbocycles. The Kier molecular flexibility index (Phi) is 9.30. The Morgan fingerprint density at radius 2 is 1.69 bits per heavy atom. The molecule has 1 unspecified atom stereocenters. The predicted octanol–water partition coefficient (Wildman–Crippen LogP) is 6.27. The molecule has 2 rings (SSSR count). The van der Waals surface area contributed by atoms with Crippen molar-refractivity contribution in [1.82, 2.24) is 0 Å². The first-order valence-electron chi connectivity index (χ1n) is 11.4. The van der Waals surface area contributed by atoms with Gasteiger partial charge in [-0.05, 0) is 72.2 Å². The fraction of sp³-hybridized carbons (Fsp3) is 0.481. The highest BCUT2D eigenvalue weighted by Crippen LogP contribution is 2.38. The number of carbonyl (C=O) groups is 2. The van der Waals surface area contributed by atoms with Gasteiger partial charge >= 0.3 is 5.97 Å². The normalized spacial score (nSPS) is 12.1. The van der Waals surface area contributed by atoms with E-state index in [1.807, 2.05) is 52.0 Å². The molecule has 0 spiro atoms. The van der Waals surface area contributed by atoms with Crippen LogP contribution in [-0.2, 0) is 9.59 Å². The van der Waals surface area contributed by atoms with Crippen molar-refractivity contribution >= 4 is 11.8 Å². The second-order valence-electron chi connectivity index (χ2n) is 8.88. The Labute approximate surface area is 191 Å². The van der Waals surface area contributed by atoms with Gasteiger partial charge in [0.25, 0.3) is 0 Å². The molecule has 0 aliphatic rings. The first-order chi connectivity index (χ1) is 15.1. The third kappa shape index (κ3) is 6.84. The second kappa shape index (κ2) is 11.7. The number of rotatable bonds is 12. The number of aromatic hydroxyl groups is 1. The number of aryl methyl sites for hydroxylation is 2. The van der Waals surface area contributed by atoms with Crippen LogP contribution in [-0.4, -0.2) is 28.6 Å². The molecule has 2 aromatic rings. The molecule has 0 aromatic heterocycles. The lowest BCUT2D eigenvalue weighted by molar-refractivity contribution is -0.139. The van der Waals surface area contributed by atoms with Crippen molar-refractivity contribution < 1.29 is 24.5 Å². The summed E-state index contributed by atoms with van der Waals surface area (Å²) in [6.45, 7) is 9.73. The van der Waals surface area contributed by atoms with Crippen LogP contribution in [0.1, 0.15) is 92.5 Å². The number of carboxylic acid groups (broad SMARTS) is 1. The van der Waals surface area contributed by atoms with Gasteiger partial charge in [-0.2, -0.15) is 0 Å². The number of ketones is 1. The summed E-state index contributed by atoms with van der Waals surface area (Å²) in [4.78, 5) is 23.8. The Bertz CT molecular complexity index is 922. The van der Waals surface area contributed by atoms with E-state index in [9.17, 15) is 14.7 Å². The van der Waals surface area contributed by atoms with Gasteiger partial charge in [-0.1, -0.05) is 45.7 Å². The Morgan fingerprint density at radius 3 is 2.25 bits per heavy atom. The zero-order valence-electron chi connectivity index (χ0n) is 19.9. The van der Waals surface area contributed by atoms with Gasteiger partial charge in [0, 0.05) is 18.8 Å². The maximum absolute atomic E-state index is 12.9. The third-order valence-electron chi connectivity index (χ3n) is 5.84. The SMILES string of the molecule is CCCCCC(=O)CC(c1ccc(O)c(C(C)C)c1)c1c(C)cc(OCC(=O)O)cc1C. The van der Waals surface area contributed by atoms with E-state index in [1.54, 1.807) is 6.07 Å². The van der Waals surface area contributed by atoms with E-state index in [0.717, 1.165) is 47.1 Å². The van der Waals surface area contributed by atoms with Gasteiger partial charge in [0.05, 0.1) is 0 Å². The summed E-state index contributed by atoms with van der Waals surface area (Å²) in [5.41, 5.74) is 4.83. The van der Waals surface area contributed by atoms with E-state index in [-0.39, 0.29) is 23.4 Å². The largest absolute Gasteiger partial charge is 0.508 e. The topological polar surface area (TPSA) is 83.8 Å². The minimum atomic E-state index is -1.02. The van der Waals surface area contributed by atoms with Crippen LogP contribution in [0.25, 0.3) is 0 Å². The molecule has 0 saturated carbocycles. The number of Topliss-reactive ketones (excluding diaryl/α,β-unsaturated/α-hetero) is 1. The van der Waals surface area contributed by atoms with Gasteiger partial charge in [-0.25, -0.2) is 4.79 Å². The van der Waals surface area contributed by atoms with Crippen molar-refractivity contribution in [3.8, 4) is 11.5 Å². The van der Waals surface area contributed by atoms with Crippen LogP contribution in [0, 0.1) is 13.8 Å². The summed E-state index contributed by atoms with van der Waals surface area (Å²) >= 11 is 0. The summed E-state index contributed by atoms with van der Waals surface area (Å²) in [6.07, 6.45) is 3.97. The van der Waals surface area contributed by atoms with Gasteiger partial charge in [0.1, 0.15) is 17.3 Å². The van der Waals surface area contributed by atoms with Crippen LogP contribution in [0.3, 0.4) is 0 Å². The van der Waals surface area contributed by atoms with Crippen molar-refractivity contribution in [2.75, 3.05) is 6.61 Å². The molecule has 5 nitrogen and oxygen atoms in total. The summed E-state index contributed by atoms with van der Waals surface area (Å²) in [5, 5.41) is 19.2. The third-order valence-corrected chi connectivity index (χ3v) is 5.84. The zero-order valence-corrected chi connectivity index (χ0v) is 19.9. The number of phenolic OH excluding ortho intramolecular Hbond substituents is 1. The molecule has 2 N–H and O–H groups in total. The average Bonchev–Trinajstić information content (AvgIpc) is 2.71. The van der Waals surface area contributed by atoms with Crippen LogP contribution in [0.4, 0.5) is 0 Å². The molecule has 0 aliphatic carbocycles. The highest BCUT2D eigenvalue weighted by atomic mass is 16.5. The van der Waals surface area contributed by atoms with E-state index in [0.29, 0.717) is 18.6 Å². The van der Waals surface area contributed by atoms with Crippen molar-refractivity contribution in [3.63, 3.8) is 0 Å². The van der Waals surface area contributed by atoms with Gasteiger partial charge in [0.15, 0.2) is 6.61 Å². The molecular formula is C27H36O5. The van der Waals surface area contributed by atoms with Crippen molar-refractivity contribution in [2.45, 2.75) is 78.6 Å². The number of phenols is 1. The molecular weight excluding hydrogens is 404 g/mol. The first kappa shape index (κ1) is 25.4. The molecule has 0 aliphatic heterocycles. The van der Waals surface area contributed by atoms with Gasteiger partial charge in [-0.3, -0.25) is 4.79 Å². The van der Waals surface area contributed by atoms with Crippen molar-refractivity contribution in [3.05, 3.63) is 58.1 Å². The van der Waals surface area contributed by atoms with E-state index in [4.69, 9.17) is 9.84 Å². The van der Waals surface area contributed by atoms with E-state index < -0.39 is 12.6 Å². The molecule has 0 saturated heterocycles. The molecule has 5 heteroatoms. The molecule has 0 fully saturated rings. The number of unbranched alkanes of at least 4 members (excludes halogenated alkanes) is 2. The van der Waals surface area contributed by atoms with Crippen LogP contribution in [0.2, 0.25) is 0 Å². The molecule has 0 radical (unpaired) electrons. The second-order valence-corrected chi connectivity index (χ2v) is 8.88. The van der Waals surface area contributed by atoms with Gasteiger partial charge in [-0.15, -0.1) is 0 Å². The number of hydrogen-bond donors (Lipinski definition) is 2. The van der Waals surface area contributed by atoms with E-state index in [1.165, 1.54) is 0 Å². The maximum Gasteiger partial charge on any atom is 0.341 e. The summed E-state index contributed by atoms with van der Waals surface area (Å²) in [5.74, 6) is -0.00570. The number of ether oxygens (including phenoxy) is 1. The molecule has 0 heterocycles. The molecule has 32 heavy (non-hydrogen) atoms. The maximum atomic E-state index is 12.9. The molecule has 0 bridgehead atoms. The number of carbonyl (C=O) groups excluding carboxylic acids is 1. The Morgan fingerprint density at radius 1 is 1.03 bits per heavy atom. The van der Waals surface area contributed by atoms with E-state index >= 15 is 0 Å².